The van der Waals surface area contributed by atoms with E-state index >= 15 is 0 Å². The van der Waals surface area contributed by atoms with Gasteiger partial charge >= 0.3 is 0 Å². The zero-order valence-electron chi connectivity index (χ0n) is 13.0. The number of ether oxygens (including phenoxy) is 2. The Morgan fingerprint density at radius 2 is 2.00 bits per heavy atom. The van der Waals surface area contributed by atoms with Crippen molar-refractivity contribution in [1.29, 1.82) is 0 Å². The third kappa shape index (κ3) is 4.72. The average molecular weight is 293 g/mol. The Hall–Kier alpha value is -1.59. The van der Waals surface area contributed by atoms with Crippen LogP contribution in [-0.4, -0.2) is 44.9 Å². The fourth-order valence-electron chi connectivity index (χ4n) is 2.87. The van der Waals surface area contributed by atoms with Crippen molar-refractivity contribution in [1.82, 2.24) is 5.32 Å². The van der Waals surface area contributed by atoms with Crippen LogP contribution in [0.1, 0.15) is 19.4 Å². The lowest BCUT2D eigenvalue weighted by Gasteiger charge is -2.31. The van der Waals surface area contributed by atoms with Gasteiger partial charge in [-0.25, -0.2) is 0 Å². The number of rotatable bonds is 5. The van der Waals surface area contributed by atoms with Gasteiger partial charge in [-0.15, -0.1) is 0 Å². The smallest absolute Gasteiger partial charge is 0.275 e. The second-order valence-corrected chi connectivity index (χ2v) is 5.68. The Labute approximate surface area is 126 Å². The van der Waals surface area contributed by atoms with Crippen molar-refractivity contribution in [2.24, 2.45) is 0 Å². The van der Waals surface area contributed by atoms with Gasteiger partial charge < -0.3 is 19.7 Å². The molecule has 2 N–H and O–H groups in total. The number of carbonyl (C=O) groups excluding carboxylic acids is 1. The monoisotopic (exact) mass is 293 g/mol. The van der Waals surface area contributed by atoms with Gasteiger partial charge in [0.05, 0.1) is 7.11 Å². The predicted octanol–water partition coefficient (Wildman–Crippen LogP) is 0.00350. The van der Waals surface area contributed by atoms with Crippen LogP contribution in [0.4, 0.5) is 0 Å². The summed E-state index contributed by atoms with van der Waals surface area (Å²) in [6, 6.07) is 7.73. The molecule has 0 radical (unpaired) electrons. The number of benzene rings is 1. The molecular formula is C16H25N2O3+. The summed E-state index contributed by atoms with van der Waals surface area (Å²) in [6.45, 7) is 6.87. The zero-order valence-corrected chi connectivity index (χ0v) is 13.0. The van der Waals surface area contributed by atoms with Crippen molar-refractivity contribution in [3.63, 3.8) is 0 Å². The van der Waals surface area contributed by atoms with Crippen LogP contribution >= 0.6 is 0 Å². The van der Waals surface area contributed by atoms with Gasteiger partial charge in [0.15, 0.2) is 6.54 Å². The predicted molar refractivity (Wildman–Crippen MR) is 80.4 cm³/mol. The Morgan fingerprint density at radius 3 is 2.67 bits per heavy atom. The van der Waals surface area contributed by atoms with Crippen LogP contribution in [0.25, 0.3) is 0 Å². The van der Waals surface area contributed by atoms with Crippen LogP contribution in [0, 0.1) is 0 Å². The van der Waals surface area contributed by atoms with E-state index < -0.39 is 0 Å². The van der Waals surface area contributed by atoms with Gasteiger partial charge in [0, 0.05) is 12.1 Å². The minimum atomic E-state index is 0.0669. The van der Waals surface area contributed by atoms with Crippen molar-refractivity contribution in [3.8, 4) is 5.75 Å². The first-order valence-corrected chi connectivity index (χ1v) is 7.46. The molecule has 1 saturated heterocycles. The van der Waals surface area contributed by atoms with E-state index in [9.17, 15) is 4.79 Å². The summed E-state index contributed by atoms with van der Waals surface area (Å²) in [5, 5.41) is 2.97. The van der Waals surface area contributed by atoms with Crippen LogP contribution in [0.15, 0.2) is 24.3 Å². The second kappa shape index (κ2) is 7.43. The third-order valence-electron chi connectivity index (χ3n) is 3.70. The first kappa shape index (κ1) is 15.8. The molecule has 0 aromatic heterocycles. The van der Waals surface area contributed by atoms with Gasteiger partial charge in [0.1, 0.15) is 31.0 Å². The molecule has 116 valence electrons. The summed E-state index contributed by atoms with van der Waals surface area (Å²) >= 11 is 0. The molecule has 0 aliphatic carbocycles. The lowest BCUT2D eigenvalue weighted by molar-refractivity contribution is -0.907. The van der Waals surface area contributed by atoms with Crippen molar-refractivity contribution >= 4 is 5.91 Å². The van der Waals surface area contributed by atoms with E-state index in [4.69, 9.17) is 9.47 Å². The molecule has 0 bridgehead atoms. The van der Waals surface area contributed by atoms with E-state index in [0.29, 0.717) is 13.1 Å². The molecule has 5 nitrogen and oxygen atoms in total. The van der Waals surface area contributed by atoms with Crippen LogP contribution in [-0.2, 0) is 16.1 Å². The van der Waals surface area contributed by atoms with Crippen molar-refractivity contribution in [2.75, 3.05) is 26.7 Å². The molecular weight excluding hydrogens is 268 g/mol. The number of hydrogen-bond acceptors (Lipinski definition) is 3. The van der Waals surface area contributed by atoms with Gasteiger partial charge in [-0.05, 0) is 19.9 Å². The summed E-state index contributed by atoms with van der Waals surface area (Å²) in [6.07, 6.45) is 0.427. The van der Waals surface area contributed by atoms with Gasteiger partial charge in [-0.1, -0.05) is 18.2 Å². The molecule has 0 unspecified atom stereocenters. The lowest BCUT2D eigenvalue weighted by Crippen LogP contribution is -3.16. The highest BCUT2D eigenvalue weighted by Gasteiger charge is 2.27. The molecule has 1 aromatic rings. The van der Waals surface area contributed by atoms with Crippen molar-refractivity contribution in [2.45, 2.75) is 32.6 Å². The van der Waals surface area contributed by atoms with Crippen molar-refractivity contribution < 1.29 is 19.2 Å². The quantitative estimate of drug-likeness (QED) is 0.804. The van der Waals surface area contributed by atoms with E-state index in [2.05, 4.69) is 19.2 Å². The van der Waals surface area contributed by atoms with Gasteiger partial charge in [-0.3, -0.25) is 4.79 Å². The highest BCUT2D eigenvalue weighted by Crippen LogP contribution is 2.16. The fraction of sp³-hybridized carbons (Fsp3) is 0.562. The SMILES string of the molecule is COc1ccccc1CNC(=O)C[NH+]1C[C@@H](C)O[C@H](C)C1. The number of para-hydroxylation sites is 1. The Morgan fingerprint density at radius 1 is 1.33 bits per heavy atom. The molecule has 2 rings (SSSR count). The molecule has 0 saturated carbocycles. The van der Waals surface area contributed by atoms with E-state index in [1.54, 1.807) is 7.11 Å². The molecule has 2 atom stereocenters. The number of carbonyl (C=O) groups is 1. The van der Waals surface area contributed by atoms with Gasteiger partial charge in [-0.2, -0.15) is 0 Å². The summed E-state index contributed by atoms with van der Waals surface area (Å²) in [7, 11) is 1.64. The van der Waals surface area contributed by atoms with Crippen LogP contribution in [0.2, 0.25) is 0 Å². The molecule has 0 spiro atoms. The highest BCUT2D eigenvalue weighted by atomic mass is 16.5. The highest BCUT2D eigenvalue weighted by molar-refractivity contribution is 5.76. The third-order valence-corrected chi connectivity index (χ3v) is 3.70. The molecule has 1 amide bonds. The molecule has 1 aliphatic heterocycles. The normalized spacial score (nSPS) is 25.4. The van der Waals surface area contributed by atoms with E-state index in [-0.39, 0.29) is 18.1 Å². The molecule has 1 aromatic carbocycles. The fourth-order valence-corrected chi connectivity index (χ4v) is 2.87. The Kier molecular flexibility index (Phi) is 5.59. The van der Waals surface area contributed by atoms with E-state index in [1.165, 1.54) is 4.90 Å². The van der Waals surface area contributed by atoms with Gasteiger partial charge in [0.25, 0.3) is 5.91 Å². The van der Waals surface area contributed by atoms with Crippen LogP contribution in [0.3, 0.4) is 0 Å². The average Bonchev–Trinajstić information content (AvgIpc) is 2.44. The maximum atomic E-state index is 12.1. The largest absolute Gasteiger partial charge is 0.496 e. The maximum Gasteiger partial charge on any atom is 0.275 e. The molecule has 5 heteroatoms. The lowest BCUT2D eigenvalue weighted by atomic mass is 10.2. The van der Waals surface area contributed by atoms with Crippen LogP contribution < -0.4 is 15.0 Å². The number of amides is 1. The Bertz CT molecular complexity index is 468. The van der Waals surface area contributed by atoms with Crippen LogP contribution in [0.5, 0.6) is 5.75 Å². The zero-order chi connectivity index (χ0) is 15.2. The number of methoxy groups -OCH3 is 1. The summed E-state index contributed by atoms with van der Waals surface area (Å²) < 4.78 is 11.0. The first-order valence-electron chi connectivity index (χ1n) is 7.46. The number of hydrogen-bond donors (Lipinski definition) is 2. The maximum absolute atomic E-state index is 12.1. The van der Waals surface area contributed by atoms with E-state index in [1.807, 2.05) is 24.3 Å². The minimum Gasteiger partial charge on any atom is -0.496 e. The first-order chi connectivity index (χ1) is 10.1. The molecule has 21 heavy (non-hydrogen) atoms. The van der Waals surface area contributed by atoms with Crippen molar-refractivity contribution in [3.05, 3.63) is 29.8 Å². The summed E-state index contributed by atoms with van der Waals surface area (Å²) in [5.74, 6) is 0.871. The number of quaternary nitrogens is 1. The van der Waals surface area contributed by atoms with Gasteiger partial charge in [0.2, 0.25) is 0 Å². The number of nitrogens with one attached hydrogen (secondary N) is 2. The molecule has 1 fully saturated rings. The topological polar surface area (TPSA) is 52.0 Å². The summed E-state index contributed by atoms with van der Waals surface area (Å²) in [4.78, 5) is 13.4. The number of morpholine rings is 1. The molecule has 1 heterocycles. The minimum absolute atomic E-state index is 0.0669. The summed E-state index contributed by atoms with van der Waals surface area (Å²) in [5.41, 5.74) is 0.993. The van der Waals surface area contributed by atoms with E-state index in [0.717, 1.165) is 24.4 Å². The standard InChI is InChI=1S/C16H24N2O3/c1-12-9-18(10-13(2)21-12)11-16(19)17-8-14-6-4-5-7-15(14)20-3/h4-7,12-13H,8-11H2,1-3H3,(H,17,19)/p+1/t12-,13-/m1/s1. The second-order valence-electron chi connectivity index (χ2n) is 5.68. The molecule has 1 aliphatic rings. The Balaban J connectivity index is 1.82.